The summed E-state index contributed by atoms with van der Waals surface area (Å²) in [6, 6.07) is 3.79. The minimum Gasteiger partial charge on any atom is -0.478 e. The van der Waals surface area contributed by atoms with Crippen LogP contribution in [0.2, 0.25) is 0 Å². The Morgan fingerprint density at radius 3 is 2.65 bits per heavy atom. The maximum absolute atomic E-state index is 11.7. The molecule has 0 bridgehead atoms. The number of carboxylic acids is 1. The highest BCUT2D eigenvalue weighted by molar-refractivity contribution is 5.94. The van der Waals surface area contributed by atoms with Gasteiger partial charge in [0.05, 0.1) is 23.9 Å². The molecule has 0 spiro atoms. The number of carboxylic acid groups (broad SMARTS) is 1. The smallest absolute Gasteiger partial charge is 0.336 e. The number of ether oxygens (including phenoxy) is 2. The lowest BCUT2D eigenvalue weighted by atomic mass is 9.94. The van der Waals surface area contributed by atoms with Gasteiger partial charge in [0.25, 0.3) is 0 Å². The molecule has 1 saturated carbocycles. The van der Waals surface area contributed by atoms with Gasteiger partial charge in [0.15, 0.2) is 5.79 Å². The Hall–Kier alpha value is -1.95. The van der Waals surface area contributed by atoms with Crippen molar-refractivity contribution in [3.8, 4) is 0 Å². The lowest BCUT2D eigenvalue weighted by Crippen LogP contribution is -2.28. The fourth-order valence-electron chi connectivity index (χ4n) is 4.87. The summed E-state index contributed by atoms with van der Waals surface area (Å²) in [5, 5.41) is 19.7. The van der Waals surface area contributed by atoms with Crippen molar-refractivity contribution in [3.63, 3.8) is 0 Å². The molecule has 1 aromatic carbocycles. The summed E-state index contributed by atoms with van der Waals surface area (Å²) >= 11 is 0. The molecule has 1 aromatic rings. The lowest BCUT2D eigenvalue weighted by molar-refractivity contribution is -0.148. The highest BCUT2D eigenvalue weighted by Gasteiger charge is 2.42. The average Bonchev–Trinajstić information content (AvgIpc) is 3.20. The fraction of sp³-hybridized carbons (Fsp3) is 0.577. The summed E-state index contributed by atoms with van der Waals surface area (Å²) in [7, 11) is 0. The number of hydrogen-bond acceptors (Lipinski definition) is 4. The molecule has 0 radical (unpaired) electrons. The van der Waals surface area contributed by atoms with Crippen LogP contribution < -0.4 is 0 Å². The van der Waals surface area contributed by atoms with Crippen molar-refractivity contribution in [3.05, 3.63) is 52.6 Å². The summed E-state index contributed by atoms with van der Waals surface area (Å²) in [4.78, 5) is 11.7. The number of aliphatic hydroxyl groups is 1. The Labute approximate surface area is 185 Å². The summed E-state index contributed by atoms with van der Waals surface area (Å²) in [5.41, 5.74) is 2.85. The van der Waals surface area contributed by atoms with Crippen LogP contribution in [0.15, 0.2) is 30.4 Å². The quantitative estimate of drug-likeness (QED) is 0.578. The molecular weight excluding hydrogens is 392 g/mol. The molecule has 0 amide bonds. The Bertz CT molecular complexity index is 854. The highest BCUT2D eigenvalue weighted by atomic mass is 16.7. The zero-order valence-corrected chi connectivity index (χ0v) is 19.3. The molecule has 1 saturated heterocycles. The number of benzene rings is 1. The maximum Gasteiger partial charge on any atom is 0.336 e. The predicted octanol–water partition coefficient (Wildman–Crippen LogP) is 5.28. The first-order valence-electron chi connectivity index (χ1n) is 11.3. The van der Waals surface area contributed by atoms with Gasteiger partial charge in [-0.05, 0) is 58.1 Å². The SMILES string of the molecule is Cc1cc(C)c(C(=O)O)c(/C=C/C[C@@H]2OC(C)(C)O[C@@H]2C(C)/C=C\[C@@H]2CCC[C@H]2O)c1. The Kier molecular flexibility index (Phi) is 7.40. The van der Waals surface area contributed by atoms with E-state index in [1.807, 2.05) is 52.0 Å². The van der Waals surface area contributed by atoms with E-state index >= 15 is 0 Å². The van der Waals surface area contributed by atoms with Crippen molar-refractivity contribution in [2.24, 2.45) is 11.8 Å². The van der Waals surface area contributed by atoms with Gasteiger partial charge in [-0.3, -0.25) is 0 Å². The third kappa shape index (κ3) is 5.85. The van der Waals surface area contributed by atoms with E-state index in [2.05, 4.69) is 19.1 Å². The number of rotatable bonds is 7. The average molecular weight is 429 g/mol. The molecule has 3 rings (SSSR count). The van der Waals surface area contributed by atoms with Crippen LogP contribution in [0.25, 0.3) is 6.08 Å². The molecule has 1 heterocycles. The molecule has 5 heteroatoms. The number of carbonyl (C=O) groups is 1. The Morgan fingerprint density at radius 2 is 2.00 bits per heavy atom. The first-order valence-corrected chi connectivity index (χ1v) is 11.3. The molecule has 2 N–H and O–H groups in total. The predicted molar refractivity (Wildman–Crippen MR) is 122 cm³/mol. The van der Waals surface area contributed by atoms with Gasteiger partial charge in [-0.15, -0.1) is 0 Å². The van der Waals surface area contributed by atoms with Gasteiger partial charge in [-0.2, -0.15) is 0 Å². The number of hydrogen-bond donors (Lipinski definition) is 2. The van der Waals surface area contributed by atoms with E-state index in [1.165, 1.54) is 0 Å². The molecule has 2 fully saturated rings. The maximum atomic E-state index is 11.7. The van der Waals surface area contributed by atoms with E-state index in [-0.39, 0.29) is 30.1 Å². The first-order chi connectivity index (χ1) is 14.6. The molecular formula is C26H36O5. The standard InChI is InChI=1S/C26H36O5/c1-16-14-18(3)23(25(28)29)20(15-16)9-7-11-22-24(31-26(4,5)30-22)17(2)12-13-19-8-6-10-21(19)27/h7,9,12-15,17,19,21-22,24,27H,6,8,10-11H2,1-5H3,(H,28,29)/b9-7+,13-12-/t17?,19-,21+,22-,24+/m0/s1. The van der Waals surface area contributed by atoms with Gasteiger partial charge in [0.2, 0.25) is 0 Å². The second-order valence-corrected chi connectivity index (χ2v) is 9.53. The second-order valence-electron chi connectivity index (χ2n) is 9.53. The van der Waals surface area contributed by atoms with E-state index in [9.17, 15) is 15.0 Å². The van der Waals surface area contributed by atoms with Crippen LogP contribution in [-0.4, -0.2) is 40.3 Å². The van der Waals surface area contributed by atoms with Crippen LogP contribution in [0.4, 0.5) is 0 Å². The van der Waals surface area contributed by atoms with Crippen LogP contribution in [-0.2, 0) is 9.47 Å². The molecule has 5 nitrogen and oxygen atoms in total. The third-order valence-corrected chi connectivity index (χ3v) is 6.32. The van der Waals surface area contributed by atoms with E-state index in [0.29, 0.717) is 17.5 Å². The van der Waals surface area contributed by atoms with Crippen molar-refractivity contribution in [2.75, 3.05) is 0 Å². The summed E-state index contributed by atoms with van der Waals surface area (Å²) in [6.45, 7) is 9.77. The van der Waals surface area contributed by atoms with Gasteiger partial charge in [-0.1, -0.05) is 55.3 Å². The summed E-state index contributed by atoms with van der Waals surface area (Å²) in [6.07, 6.45) is 11.3. The zero-order valence-electron chi connectivity index (χ0n) is 19.3. The molecule has 2 aliphatic rings. The minimum atomic E-state index is -0.913. The Morgan fingerprint density at radius 1 is 1.26 bits per heavy atom. The molecule has 1 unspecified atom stereocenters. The van der Waals surface area contributed by atoms with Crippen molar-refractivity contribution < 1.29 is 24.5 Å². The largest absolute Gasteiger partial charge is 0.478 e. The Balaban J connectivity index is 1.72. The first kappa shape index (κ1) is 23.7. The molecule has 1 aliphatic heterocycles. The fourth-order valence-corrected chi connectivity index (χ4v) is 4.87. The molecule has 170 valence electrons. The highest BCUT2D eigenvalue weighted by Crippen LogP contribution is 2.35. The topological polar surface area (TPSA) is 76.0 Å². The second kappa shape index (κ2) is 9.68. The molecule has 31 heavy (non-hydrogen) atoms. The van der Waals surface area contributed by atoms with Gasteiger partial charge >= 0.3 is 5.97 Å². The lowest BCUT2D eigenvalue weighted by Gasteiger charge is -2.21. The number of aliphatic hydroxyl groups excluding tert-OH is 1. The van der Waals surface area contributed by atoms with E-state index in [0.717, 1.165) is 30.4 Å². The van der Waals surface area contributed by atoms with Crippen LogP contribution >= 0.6 is 0 Å². The monoisotopic (exact) mass is 428 g/mol. The van der Waals surface area contributed by atoms with Crippen molar-refractivity contribution in [1.29, 1.82) is 0 Å². The van der Waals surface area contributed by atoms with Gasteiger partial charge in [0, 0.05) is 11.8 Å². The van der Waals surface area contributed by atoms with Crippen molar-refractivity contribution in [1.82, 2.24) is 0 Å². The zero-order chi connectivity index (χ0) is 22.8. The van der Waals surface area contributed by atoms with Gasteiger partial charge in [-0.25, -0.2) is 4.79 Å². The number of aryl methyl sites for hydroxylation is 2. The van der Waals surface area contributed by atoms with Crippen LogP contribution in [0.3, 0.4) is 0 Å². The molecule has 1 aliphatic carbocycles. The van der Waals surface area contributed by atoms with E-state index in [1.54, 1.807) is 0 Å². The van der Waals surface area contributed by atoms with Crippen LogP contribution in [0.5, 0.6) is 0 Å². The van der Waals surface area contributed by atoms with Crippen molar-refractivity contribution in [2.45, 2.75) is 84.4 Å². The number of aromatic carboxylic acids is 1. The van der Waals surface area contributed by atoms with E-state index in [4.69, 9.17) is 9.47 Å². The minimum absolute atomic E-state index is 0.104. The van der Waals surface area contributed by atoms with Gasteiger partial charge < -0.3 is 19.7 Å². The summed E-state index contributed by atoms with van der Waals surface area (Å²) in [5.74, 6) is -1.20. The summed E-state index contributed by atoms with van der Waals surface area (Å²) < 4.78 is 12.4. The van der Waals surface area contributed by atoms with Gasteiger partial charge in [0.1, 0.15) is 0 Å². The molecule has 0 aromatic heterocycles. The molecule has 5 atom stereocenters. The van der Waals surface area contributed by atoms with Crippen LogP contribution in [0.1, 0.15) is 73.5 Å². The van der Waals surface area contributed by atoms with E-state index < -0.39 is 11.8 Å². The normalized spacial score (nSPS) is 29.2. The van der Waals surface area contributed by atoms with Crippen molar-refractivity contribution >= 4 is 12.0 Å². The third-order valence-electron chi connectivity index (χ3n) is 6.32. The van der Waals surface area contributed by atoms with Crippen LogP contribution in [0, 0.1) is 25.7 Å².